The summed E-state index contributed by atoms with van der Waals surface area (Å²) in [5.74, 6) is -0.0981. The fourth-order valence-electron chi connectivity index (χ4n) is 4.31. The molecule has 28 heavy (non-hydrogen) atoms. The highest BCUT2D eigenvalue weighted by Crippen LogP contribution is 2.32. The lowest BCUT2D eigenvalue weighted by molar-refractivity contribution is -0.149. The van der Waals surface area contributed by atoms with Gasteiger partial charge in [-0.15, -0.1) is 0 Å². The highest BCUT2D eigenvalue weighted by molar-refractivity contribution is 5.79. The zero-order valence-corrected chi connectivity index (χ0v) is 16.3. The molecule has 0 bridgehead atoms. The maximum atomic E-state index is 12.9. The van der Waals surface area contributed by atoms with Gasteiger partial charge in [0.15, 0.2) is 0 Å². The first-order valence-corrected chi connectivity index (χ1v) is 9.90. The number of rotatable bonds is 3. The van der Waals surface area contributed by atoms with Crippen LogP contribution >= 0.6 is 0 Å². The van der Waals surface area contributed by atoms with Crippen LogP contribution in [-0.4, -0.2) is 48.4 Å². The van der Waals surface area contributed by atoms with Gasteiger partial charge in [-0.25, -0.2) is 0 Å². The molecule has 146 valence electrons. The zero-order chi connectivity index (χ0) is 19.5. The predicted molar refractivity (Wildman–Crippen MR) is 107 cm³/mol. The first-order valence-electron chi connectivity index (χ1n) is 9.90. The number of likely N-dealkylation sites (tertiary alicyclic amines) is 1. The van der Waals surface area contributed by atoms with E-state index in [4.69, 9.17) is 4.74 Å². The molecule has 2 aliphatic rings. The molecule has 0 saturated carbocycles. The van der Waals surface area contributed by atoms with Crippen LogP contribution in [-0.2, 0) is 27.4 Å². The summed E-state index contributed by atoms with van der Waals surface area (Å²) in [6, 6.07) is 16.9. The summed E-state index contributed by atoms with van der Waals surface area (Å²) in [6.45, 7) is 3.16. The summed E-state index contributed by atoms with van der Waals surface area (Å²) in [4.78, 5) is 28.7. The molecule has 5 nitrogen and oxygen atoms in total. The number of carbonyl (C=O) groups is 2. The van der Waals surface area contributed by atoms with E-state index in [2.05, 4.69) is 53.4 Å². The average Bonchev–Trinajstić information content (AvgIpc) is 2.89. The van der Waals surface area contributed by atoms with Gasteiger partial charge in [0.05, 0.1) is 19.6 Å². The van der Waals surface area contributed by atoms with Gasteiger partial charge < -0.3 is 9.64 Å². The summed E-state index contributed by atoms with van der Waals surface area (Å²) < 4.78 is 4.84. The van der Waals surface area contributed by atoms with E-state index in [-0.39, 0.29) is 17.8 Å². The van der Waals surface area contributed by atoms with Crippen molar-refractivity contribution >= 4 is 11.9 Å². The monoisotopic (exact) mass is 378 g/mol. The Hall–Kier alpha value is -2.66. The van der Waals surface area contributed by atoms with E-state index in [1.807, 2.05) is 4.90 Å². The van der Waals surface area contributed by atoms with Gasteiger partial charge in [-0.05, 0) is 35.1 Å². The van der Waals surface area contributed by atoms with Crippen LogP contribution in [0.1, 0.15) is 24.0 Å². The molecule has 2 heterocycles. The molecule has 4 rings (SSSR count). The number of methoxy groups -OCH3 is 1. The molecular formula is C23H26N2O3. The Balaban J connectivity index is 1.46. The average molecular weight is 378 g/mol. The van der Waals surface area contributed by atoms with Crippen molar-refractivity contribution in [2.45, 2.75) is 25.9 Å². The maximum Gasteiger partial charge on any atom is 0.308 e. The van der Waals surface area contributed by atoms with Gasteiger partial charge in [-0.3, -0.25) is 14.5 Å². The first-order chi connectivity index (χ1) is 13.7. The lowest BCUT2D eigenvalue weighted by atomic mass is 9.97. The molecule has 0 aliphatic carbocycles. The SMILES string of the molecule is COC(=O)C1CCN(C(=O)CN2Cc3ccccc3-c3ccccc3C2)CC1. The van der Waals surface area contributed by atoms with Gasteiger partial charge in [0, 0.05) is 26.2 Å². The van der Waals surface area contributed by atoms with Gasteiger partial charge >= 0.3 is 5.97 Å². The highest BCUT2D eigenvalue weighted by atomic mass is 16.5. The molecule has 2 aromatic rings. The van der Waals surface area contributed by atoms with E-state index in [9.17, 15) is 9.59 Å². The van der Waals surface area contributed by atoms with Crippen LogP contribution in [0.25, 0.3) is 11.1 Å². The Kier molecular flexibility index (Phi) is 5.44. The normalized spacial score (nSPS) is 17.4. The number of ether oxygens (including phenoxy) is 1. The van der Waals surface area contributed by atoms with E-state index in [1.54, 1.807) is 0 Å². The molecule has 0 aromatic heterocycles. The molecule has 1 saturated heterocycles. The molecule has 2 aromatic carbocycles. The number of esters is 1. The van der Waals surface area contributed by atoms with Gasteiger partial charge in [0.25, 0.3) is 0 Å². The number of nitrogens with zero attached hydrogens (tertiary/aromatic N) is 2. The minimum atomic E-state index is -0.159. The lowest BCUT2D eigenvalue weighted by Crippen LogP contribution is -2.44. The summed E-state index contributed by atoms with van der Waals surface area (Å²) in [5.41, 5.74) is 5.02. The van der Waals surface area contributed by atoms with Crippen molar-refractivity contribution in [1.29, 1.82) is 0 Å². The van der Waals surface area contributed by atoms with Crippen molar-refractivity contribution < 1.29 is 14.3 Å². The number of benzene rings is 2. The predicted octanol–water partition coefficient (Wildman–Crippen LogP) is 3.08. The number of carbonyl (C=O) groups excluding carboxylic acids is 2. The van der Waals surface area contributed by atoms with Gasteiger partial charge in [0.1, 0.15) is 0 Å². The van der Waals surface area contributed by atoms with Crippen LogP contribution in [0.4, 0.5) is 0 Å². The Morgan fingerprint density at radius 3 is 2.00 bits per heavy atom. The molecule has 0 spiro atoms. The van der Waals surface area contributed by atoms with Crippen LogP contribution in [0.3, 0.4) is 0 Å². The molecule has 5 heteroatoms. The van der Waals surface area contributed by atoms with Crippen LogP contribution in [0.2, 0.25) is 0 Å². The third-order valence-corrected chi connectivity index (χ3v) is 5.85. The maximum absolute atomic E-state index is 12.9. The number of hydrogen-bond donors (Lipinski definition) is 0. The second-order valence-electron chi connectivity index (χ2n) is 7.64. The number of amides is 1. The van der Waals surface area contributed by atoms with Crippen LogP contribution in [0.15, 0.2) is 48.5 Å². The summed E-state index contributed by atoms with van der Waals surface area (Å²) in [6.07, 6.45) is 1.37. The van der Waals surface area contributed by atoms with Gasteiger partial charge in [-0.2, -0.15) is 0 Å². The second kappa shape index (κ2) is 8.15. The molecule has 2 aliphatic heterocycles. The van der Waals surface area contributed by atoms with E-state index >= 15 is 0 Å². The van der Waals surface area contributed by atoms with Crippen molar-refractivity contribution in [1.82, 2.24) is 9.80 Å². The third-order valence-electron chi connectivity index (χ3n) is 5.85. The second-order valence-corrected chi connectivity index (χ2v) is 7.64. The van der Waals surface area contributed by atoms with Crippen molar-refractivity contribution in [3.05, 3.63) is 59.7 Å². The summed E-state index contributed by atoms with van der Waals surface area (Å²) >= 11 is 0. The summed E-state index contributed by atoms with van der Waals surface area (Å²) in [7, 11) is 1.43. The minimum absolute atomic E-state index is 0.0778. The topological polar surface area (TPSA) is 49.9 Å². The standard InChI is InChI=1S/C23H26N2O3/c1-28-23(27)17-10-12-25(13-11-17)22(26)16-24-14-18-6-2-4-8-20(18)21-9-5-3-7-19(21)15-24/h2-9,17H,10-16H2,1H3. The van der Waals surface area contributed by atoms with Crippen LogP contribution in [0, 0.1) is 5.92 Å². The smallest absolute Gasteiger partial charge is 0.308 e. The molecule has 1 fully saturated rings. The zero-order valence-electron chi connectivity index (χ0n) is 16.3. The Morgan fingerprint density at radius 2 is 1.46 bits per heavy atom. The Morgan fingerprint density at radius 1 is 0.929 bits per heavy atom. The van der Waals surface area contributed by atoms with E-state index in [0.29, 0.717) is 32.5 Å². The molecule has 0 atom stereocenters. The molecule has 0 N–H and O–H groups in total. The fourth-order valence-corrected chi connectivity index (χ4v) is 4.31. The Bertz CT molecular complexity index is 824. The van der Waals surface area contributed by atoms with Crippen molar-refractivity contribution in [3.8, 4) is 11.1 Å². The number of hydrogen-bond acceptors (Lipinski definition) is 4. The molecular weight excluding hydrogens is 352 g/mol. The Labute approximate surface area is 165 Å². The quantitative estimate of drug-likeness (QED) is 0.770. The van der Waals surface area contributed by atoms with Crippen molar-refractivity contribution in [2.75, 3.05) is 26.7 Å². The van der Waals surface area contributed by atoms with E-state index in [1.165, 1.54) is 29.4 Å². The molecule has 1 amide bonds. The first kappa shape index (κ1) is 18.7. The number of fused-ring (bicyclic) bond motifs is 3. The van der Waals surface area contributed by atoms with Gasteiger partial charge in [0.2, 0.25) is 5.91 Å². The number of piperidine rings is 1. The van der Waals surface area contributed by atoms with Crippen LogP contribution < -0.4 is 0 Å². The minimum Gasteiger partial charge on any atom is -0.469 e. The highest BCUT2D eigenvalue weighted by Gasteiger charge is 2.29. The third kappa shape index (κ3) is 3.80. The summed E-state index contributed by atoms with van der Waals surface area (Å²) in [5, 5.41) is 0. The molecule has 0 radical (unpaired) electrons. The fraction of sp³-hybridized carbons (Fsp3) is 0.391. The van der Waals surface area contributed by atoms with Gasteiger partial charge in [-0.1, -0.05) is 48.5 Å². The van der Waals surface area contributed by atoms with Crippen molar-refractivity contribution in [2.24, 2.45) is 5.92 Å². The van der Waals surface area contributed by atoms with E-state index in [0.717, 1.165) is 13.1 Å². The lowest BCUT2D eigenvalue weighted by Gasteiger charge is -2.32. The van der Waals surface area contributed by atoms with Crippen molar-refractivity contribution in [3.63, 3.8) is 0 Å². The largest absolute Gasteiger partial charge is 0.469 e. The van der Waals surface area contributed by atoms with E-state index < -0.39 is 0 Å². The van der Waals surface area contributed by atoms with Crippen LogP contribution in [0.5, 0.6) is 0 Å². The molecule has 0 unspecified atom stereocenters.